The van der Waals surface area contributed by atoms with Gasteiger partial charge in [0, 0.05) is 28.6 Å². The Bertz CT molecular complexity index is 573. The van der Waals surface area contributed by atoms with Gasteiger partial charge in [0.25, 0.3) is 0 Å². The Morgan fingerprint density at radius 3 is 2.81 bits per heavy atom. The third kappa shape index (κ3) is 3.77. The van der Waals surface area contributed by atoms with E-state index in [-0.39, 0.29) is 0 Å². The van der Waals surface area contributed by atoms with Crippen molar-refractivity contribution in [3.63, 3.8) is 0 Å². The molecule has 1 aliphatic heterocycles. The van der Waals surface area contributed by atoms with Crippen LogP contribution in [0.25, 0.3) is 10.8 Å². The monoisotopic (exact) mass is 317 g/mol. The van der Waals surface area contributed by atoms with E-state index >= 15 is 0 Å². The molecule has 1 N–H and O–H groups in total. The Balaban J connectivity index is 1.83. The molecule has 0 aliphatic carbocycles. The van der Waals surface area contributed by atoms with Gasteiger partial charge in [0.15, 0.2) is 0 Å². The van der Waals surface area contributed by atoms with Gasteiger partial charge in [0.2, 0.25) is 0 Å². The van der Waals surface area contributed by atoms with Crippen LogP contribution in [0.3, 0.4) is 0 Å². The molecular formula is C18H23NS2. The zero-order chi connectivity index (χ0) is 14.5. The van der Waals surface area contributed by atoms with Crippen LogP contribution < -0.4 is 5.32 Å². The average Bonchev–Trinajstić information content (AvgIpc) is 2.55. The highest BCUT2D eigenvalue weighted by Crippen LogP contribution is 2.29. The highest BCUT2D eigenvalue weighted by atomic mass is 32.2. The molecule has 2 atom stereocenters. The van der Waals surface area contributed by atoms with Crippen molar-refractivity contribution in [1.29, 1.82) is 0 Å². The molecular weight excluding hydrogens is 294 g/mol. The summed E-state index contributed by atoms with van der Waals surface area (Å²) < 4.78 is 0. The van der Waals surface area contributed by atoms with Crippen molar-refractivity contribution in [2.24, 2.45) is 0 Å². The van der Waals surface area contributed by atoms with E-state index < -0.39 is 0 Å². The Labute approximate surface area is 136 Å². The molecule has 0 radical (unpaired) electrons. The molecule has 3 heteroatoms. The van der Waals surface area contributed by atoms with Crippen molar-refractivity contribution in [2.75, 3.05) is 23.8 Å². The Hall–Kier alpha value is -0.640. The van der Waals surface area contributed by atoms with Crippen LogP contribution in [0, 0.1) is 0 Å². The minimum Gasteiger partial charge on any atom is -0.313 e. The summed E-state index contributed by atoms with van der Waals surface area (Å²) in [6, 6.07) is 16.0. The lowest BCUT2D eigenvalue weighted by Crippen LogP contribution is -2.42. The summed E-state index contributed by atoms with van der Waals surface area (Å²) in [6.45, 7) is 3.27. The van der Waals surface area contributed by atoms with Gasteiger partial charge in [-0.05, 0) is 29.3 Å². The lowest BCUT2D eigenvalue weighted by molar-refractivity contribution is 0.524. The van der Waals surface area contributed by atoms with E-state index in [1.165, 1.54) is 33.6 Å². The molecule has 2 unspecified atom stereocenters. The van der Waals surface area contributed by atoms with Crippen LogP contribution in [0.4, 0.5) is 0 Å². The smallest absolute Gasteiger partial charge is 0.0295 e. The largest absolute Gasteiger partial charge is 0.313 e. The molecule has 0 bridgehead atoms. The number of hydrogen-bond donors (Lipinski definition) is 1. The van der Waals surface area contributed by atoms with Gasteiger partial charge in [-0.1, -0.05) is 49.4 Å². The van der Waals surface area contributed by atoms with Gasteiger partial charge < -0.3 is 5.32 Å². The van der Waals surface area contributed by atoms with Gasteiger partial charge in [-0.15, -0.1) is 0 Å². The molecule has 2 aromatic rings. The second-order valence-corrected chi connectivity index (χ2v) is 7.99. The van der Waals surface area contributed by atoms with Crippen molar-refractivity contribution in [3.05, 3.63) is 48.0 Å². The van der Waals surface area contributed by atoms with Crippen LogP contribution in [0.2, 0.25) is 0 Å². The van der Waals surface area contributed by atoms with Crippen LogP contribution in [-0.2, 0) is 6.42 Å². The van der Waals surface area contributed by atoms with Crippen LogP contribution >= 0.6 is 23.5 Å². The molecule has 2 aromatic carbocycles. The van der Waals surface area contributed by atoms with Gasteiger partial charge in [0.05, 0.1) is 0 Å². The zero-order valence-corrected chi connectivity index (χ0v) is 14.2. The maximum absolute atomic E-state index is 3.73. The molecule has 112 valence electrons. The maximum Gasteiger partial charge on any atom is 0.0295 e. The third-order valence-electron chi connectivity index (χ3n) is 4.08. The summed E-state index contributed by atoms with van der Waals surface area (Å²) in [5.74, 6) is 3.90. The predicted octanol–water partition coefficient (Wildman–Crippen LogP) is 4.21. The van der Waals surface area contributed by atoms with Gasteiger partial charge in [-0.3, -0.25) is 0 Å². The van der Waals surface area contributed by atoms with Gasteiger partial charge >= 0.3 is 0 Å². The first kappa shape index (κ1) is 15.3. The molecule has 1 nitrogen and oxygen atoms in total. The molecule has 0 amide bonds. The number of nitrogens with one attached hydrogen (secondary N) is 1. The molecule has 1 heterocycles. The Morgan fingerprint density at radius 2 is 2.00 bits per heavy atom. The quantitative estimate of drug-likeness (QED) is 0.887. The van der Waals surface area contributed by atoms with E-state index in [0.717, 1.165) is 18.2 Å². The number of hydrogen-bond acceptors (Lipinski definition) is 3. The van der Waals surface area contributed by atoms with Gasteiger partial charge in [0.1, 0.15) is 0 Å². The maximum atomic E-state index is 3.73. The number of fused-ring (bicyclic) bond motifs is 1. The summed E-state index contributed by atoms with van der Waals surface area (Å²) in [7, 11) is 0. The number of thioether (sulfide) groups is 2. The minimum absolute atomic E-state index is 0.582. The van der Waals surface area contributed by atoms with Crippen LogP contribution in [0.15, 0.2) is 42.5 Å². The highest BCUT2D eigenvalue weighted by Gasteiger charge is 2.24. The van der Waals surface area contributed by atoms with Crippen LogP contribution in [-0.4, -0.2) is 35.1 Å². The van der Waals surface area contributed by atoms with E-state index in [1.807, 2.05) is 0 Å². The van der Waals surface area contributed by atoms with E-state index in [1.54, 1.807) is 0 Å². The van der Waals surface area contributed by atoms with Crippen molar-refractivity contribution in [2.45, 2.75) is 24.6 Å². The molecule has 0 saturated carbocycles. The second kappa shape index (κ2) is 7.57. The summed E-state index contributed by atoms with van der Waals surface area (Å²) in [5, 5.41) is 7.24. The van der Waals surface area contributed by atoms with Crippen LogP contribution in [0.1, 0.15) is 12.5 Å². The third-order valence-corrected chi connectivity index (χ3v) is 7.00. The van der Waals surface area contributed by atoms with Gasteiger partial charge in [-0.2, -0.15) is 23.5 Å². The Morgan fingerprint density at radius 1 is 1.14 bits per heavy atom. The number of benzene rings is 2. The lowest BCUT2D eigenvalue weighted by Gasteiger charge is -2.30. The topological polar surface area (TPSA) is 12.0 Å². The molecule has 21 heavy (non-hydrogen) atoms. The first-order valence-corrected chi connectivity index (χ1v) is 9.98. The standard InChI is InChI=1S/C18H23NS2/c1-2-19-17(18-13-20-10-11-21-18)12-15-8-5-7-14-6-3-4-9-16(14)15/h3-9,17-19H,2,10-13H2,1H3. The average molecular weight is 318 g/mol. The predicted molar refractivity (Wildman–Crippen MR) is 98.7 cm³/mol. The fourth-order valence-corrected chi connectivity index (χ4v) is 5.93. The SMILES string of the molecule is CCNC(Cc1cccc2ccccc12)C1CSCCS1. The molecule has 0 spiro atoms. The summed E-state index contributed by atoms with van der Waals surface area (Å²) >= 11 is 4.26. The summed E-state index contributed by atoms with van der Waals surface area (Å²) in [6.07, 6.45) is 1.13. The summed E-state index contributed by atoms with van der Waals surface area (Å²) in [5.41, 5.74) is 1.48. The zero-order valence-electron chi connectivity index (χ0n) is 12.5. The first-order chi connectivity index (χ1) is 10.4. The molecule has 1 fully saturated rings. The number of rotatable bonds is 5. The normalized spacial score (nSPS) is 20.5. The lowest BCUT2D eigenvalue weighted by atomic mass is 9.97. The molecule has 0 aromatic heterocycles. The Kier molecular flexibility index (Phi) is 5.50. The summed E-state index contributed by atoms with van der Waals surface area (Å²) in [4.78, 5) is 0. The fraction of sp³-hybridized carbons (Fsp3) is 0.444. The van der Waals surface area contributed by atoms with E-state index in [4.69, 9.17) is 0 Å². The number of likely N-dealkylation sites (N-methyl/N-ethyl adjacent to an activating group) is 1. The van der Waals surface area contributed by atoms with E-state index in [2.05, 4.69) is 78.2 Å². The molecule has 1 aliphatic rings. The molecule has 1 saturated heterocycles. The molecule has 3 rings (SSSR count). The first-order valence-electron chi connectivity index (χ1n) is 7.78. The van der Waals surface area contributed by atoms with Crippen molar-refractivity contribution in [3.8, 4) is 0 Å². The van der Waals surface area contributed by atoms with E-state index in [0.29, 0.717) is 6.04 Å². The van der Waals surface area contributed by atoms with Crippen LogP contribution in [0.5, 0.6) is 0 Å². The van der Waals surface area contributed by atoms with Gasteiger partial charge in [-0.25, -0.2) is 0 Å². The van der Waals surface area contributed by atoms with Crippen molar-refractivity contribution in [1.82, 2.24) is 5.32 Å². The van der Waals surface area contributed by atoms with Crippen molar-refractivity contribution >= 4 is 34.3 Å². The van der Waals surface area contributed by atoms with Crippen molar-refractivity contribution < 1.29 is 0 Å². The minimum atomic E-state index is 0.582. The second-order valence-electron chi connectivity index (χ2n) is 5.49. The van der Waals surface area contributed by atoms with E-state index in [9.17, 15) is 0 Å². The fourth-order valence-electron chi connectivity index (χ4n) is 3.04. The highest BCUT2D eigenvalue weighted by molar-refractivity contribution is 8.06.